The van der Waals surface area contributed by atoms with Crippen molar-refractivity contribution in [2.75, 3.05) is 13.2 Å². The van der Waals surface area contributed by atoms with E-state index in [0.29, 0.717) is 17.5 Å². The largest absolute Gasteiger partial charge is 0.494 e. The molecule has 0 spiro atoms. The zero-order chi connectivity index (χ0) is 21.1. The van der Waals surface area contributed by atoms with Crippen molar-refractivity contribution >= 4 is 28.3 Å². The molecule has 0 radical (unpaired) electrons. The average Bonchev–Trinajstić information content (AvgIpc) is 3.20. The summed E-state index contributed by atoms with van der Waals surface area (Å²) >= 11 is 6.58. The summed E-state index contributed by atoms with van der Waals surface area (Å²) in [7, 11) is 0. The van der Waals surface area contributed by atoms with Gasteiger partial charge in [-0.1, -0.05) is 37.9 Å². The summed E-state index contributed by atoms with van der Waals surface area (Å²) in [6.07, 6.45) is 2.10. The first-order valence-electron chi connectivity index (χ1n) is 10.4. The van der Waals surface area contributed by atoms with Crippen molar-refractivity contribution in [3.05, 3.63) is 52.7 Å². The molecule has 0 amide bonds. The number of halogens is 1. The lowest BCUT2D eigenvalue weighted by molar-refractivity contribution is 0.309. The predicted octanol–water partition coefficient (Wildman–Crippen LogP) is 5.19. The van der Waals surface area contributed by atoms with E-state index in [1.165, 1.54) is 5.56 Å². The van der Waals surface area contributed by atoms with E-state index in [0.717, 1.165) is 59.6 Å². The number of hydrogen-bond acceptors (Lipinski definition) is 5. The van der Waals surface area contributed by atoms with Crippen molar-refractivity contribution in [3.63, 3.8) is 0 Å². The average molecular weight is 424 g/mol. The van der Waals surface area contributed by atoms with Crippen molar-refractivity contribution in [1.29, 1.82) is 0 Å². The quantitative estimate of drug-likeness (QED) is 0.395. The minimum absolute atomic E-state index is 0.610. The summed E-state index contributed by atoms with van der Waals surface area (Å²) in [6.45, 7) is 8.58. The topological polar surface area (TPSA) is 64.3 Å². The second kappa shape index (κ2) is 8.98. The number of nitrogens with one attached hydrogen (secondary N) is 1. The van der Waals surface area contributed by atoms with Gasteiger partial charge < -0.3 is 10.1 Å². The van der Waals surface area contributed by atoms with E-state index in [4.69, 9.17) is 21.3 Å². The Balaban J connectivity index is 1.88. The fourth-order valence-electron chi connectivity index (χ4n) is 3.47. The van der Waals surface area contributed by atoms with Crippen LogP contribution in [0.2, 0.25) is 5.02 Å². The summed E-state index contributed by atoms with van der Waals surface area (Å²) < 4.78 is 7.94. The highest BCUT2D eigenvalue weighted by Crippen LogP contribution is 2.32. The van der Waals surface area contributed by atoms with E-state index >= 15 is 0 Å². The highest BCUT2D eigenvalue weighted by molar-refractivity contribution is 6.33. The van der Waals surface area contributed by atoms with Crippen LogP contribution in [0.3, 0.4) is 0 Å². The second-order valence-electron chi connectivity index (χ2n) is 7.33. The Hall–Kier alpha value is -2.70. The van der Waals surface area contributed by atoms with Gasteiger partial charge in [-0.15, -0.1) is 10.2 Å². The molecule has 7 heteroatoms. The SMILES string of the molecule is CCCCOc1ccc(Cl)c(-c2nnc3c(C)nc4ccc(CNCC)cc4n23)c1. The molecule has 0 unspecified atom stereocenters. The number of ether oxygens (including phenoxy) is 1. The maximum atomic E-state index is 6.58. The molecule has 0 bridgehead atoms. The minimum atomic E-state index is 0.610. The molecule has 2 aromatic carbocycles. The highest BCUT2D eigenvalue weighted by atomic mass is 35.5. The molecular formula is C23H26ClN5O. The zero-order valence-corrected chi connectivity index (χ0v) is 18.3. The Morgan fingerprint density at radius 2 is 1.97 bits per heavy atom. The van der Waals surface area contributed by atoms with Gasteiger partial charge in [0.15, 0.2) is 11.5 Å². The monoisotopic (exact) mass is 423 g/mol. The smallest absolute Gasteiger partial charge is 0.183 e. The molecule has 0 saturated heterocycles. The Labute approximate surface area is 181 Å². The molecule has 0 aliphatic rings. The summed E-state index contributed by atoms with van der Waals surface area (Å²) in [4.78, 5) is 4.72. The molecule has 0 fully saturated rings. The van der Waals surface area contributed by atoms with Gasteiger partial charge in [-0.3, -0.25) is 4.40 Å². The van der Waals surface area contributed by atoms with Gasteiger partial charge in [0, 0.05) is 12.1 Å². The van der Waals surface area contributed by atoms with Crippen molar-refractivity contribution in [2.45, 2.75) is 40.2 Å². The summed E-state index contributed by atoms with van der Waals surface area (Å²) in [5.74, 6) is 1.47. The molecule has 6 nitrogen and oxygen atoms in total. The van der Waals surface area contributed by atoms with Crippen LogP contribution in [0.4, 0.5) is 0 Å². The predicted molar refractivity (Wildman–Crippen MR) is 121 cm³/mol. The van der Waals surface area contributed by atoms with E-state index < -0.39 is 0 Å². The number of fused-ring (bicyclic) bond motifs is 3. The van der Waals surface area contributed by atoms with Gasteiger partial charge in [0.1, 0.15) is 5.75 Å². The van der Waals surface area contributed by atoms with E-state index in [2.05, 4.69) is 41.5 Å². The zero-order valence-electron chi connectivity index (χ0n) is 17.6. The number of aryl methyl sites for hydroxylation is 1. The lowest BCUT2D eigenvalue weighted by atomic mass is 10.1. The summed E-state index contributed by atoms with van der Waals surface area (Å²) in [5, 5.41) is 12.9. The molecule has 156 valence electrons. The summed E-state index contributed by atoms with van der Waals surface area (Å²) in [5.41, 5.74) is 5.38. The van der Waals surface area contributed by atoms with Crippen LogP contribution in [-0.4, -0.2) is 32.7 Å². The van der Waals surface area contributed by atoms with Gasteiger partial charge in [0.05, 0.1) is 28.4 Å². The third kappa shape index (κ3) is 3.98. The first-order chi connectivity index (χ1) is 14.6. The first-order valence-corrected chi connectivity index (χ1v) is 10.8. The number of benzene rings is 2. The molecule has 0 saturated carbocycles. The Kier molecular flexibility index (Phi) is 6.16. The van der Waals surface area contributed by atoms with Crippen LogP contribution in [0.15, 0.2) is 36.4 Å². The molecule has 0 atom stereocenters. The summed E-state index contributed by atoms with van der Waals surface area (Å²) in [6, 6.07) is 12.0. The van der Waals surface area contributed by atoms with Gasteiger partial charge >= 0.3 is 0 Å². The van der Waals surface area contributed by atoms with Crippen LogP contribution in [0.1, 0.15) is 37.9 Å². The fraction of sp³-hybridized carbons (Fsp3) is 0.348. The molecule has 4 aromatic rings. The molecule has 30 heavy (non-hydrogen) atoms. The van der Waals surface area contributed by atoms with E-state index in [1.54, 1.807) is 0 Å². The molecule has 0 aliphatic carbocycles. The number of hydrogen-bond donors (Lipinski definition) is 1. The molecular weight excluding hydrogens is 398 g/mol. The van der Waals surface area contributed by atoms with Crippen LogP contribution in [0, 0.1) is 6.92 Å². The number of nitrogens with zero attached hydrogens (tertiary/aromatic N) is 4. The normalized spacial score (nSPS) is 11.5. The number of unbranched alkanes of at least 4 members (excludes halogenated alkanes) is 1. The van der Waals surface area contributed by atoms with Gasteiger partial charge in [0.2, 0.25) is 0 Å². The fourth-order valence-corrected chi connectivity index (χ4v) is 3.68. The van der Waals surface area contributed by atoms with Crippen molar-refractivity contribution in [1.82, 2.24) is 24.9 Å². The third-order valence-corrected chi connectivity index (χ3v) is 5.41. The van der Waals surface area contributed by atoms with Gasteiger partial charge in [0.25, 0.3) is 0 Å². The van der Waals surface area contributed by atoms with E-state index in [-0.39, 0.29) is 0 Å². The third-order valence-electron chi connectivity index (χ3n) is 5.08. The lowest BCUT2D eigenvalue weighted by Crippen LogP contribution is -2.11. The van der Waals surface area contributed by atoms with Crippen LogP contribution >= 0.6 is 11.6 Å². The van der Waals surface area contributed by atoms with E-state index in [9.17, 15) is 0 Å². The Bertz CT molecular complexity index is 1190. The number of rotatable bonds is 8. The molecule has 1 N–H and O–H groups in total. The molecule has 2 heterocycles. The van der Waals surface area contributed by atoms with Crippen molar-refractivity contribution in [3.8, 4) is 17.1 Å². The first kappa shape index (κ1) is 20.6. The Morgan fingerprint density at radius 3 is 2.77 bits per heavy atom. The Morgan fingerprint density at radius 1 is 1.10 bits per heavy atom. The van der Waals surface area contributed by atoms with Crippen molar-refractivity contribution < 1.29 is 4.74 Å². The highest BCUT2D eigenvalue weighted by Gasteiger charge is 2.17. The van der Waals surface area contributed by atoms with Crippen LogP contribution < -0.4 is 10.1 Å². The van der Waals surface area contributed by atoms with Gasteiger partial charge in [-0.05, 0) is 55.8 Å². The second-order valence-corrected chi connectivity index (χ2v) is 7.73. The molecule has 4 rings (SSSR count). The minimum Gasteiger partial charge on any atom is -0.494 e. The number of aromatic nitrogens is 4. The van der Waals surface area contributed by atoms with Crippen LogP contribution in [0.5, 0.6) is 5.75 Å². The molecule has 0 aliphatic heterocycles. The van der Waals surface area contributed by atoms with Crippen LogP contribution in [0.25, 0.3) is 28.1 Å². The van der Waals surface area contributed by atoms with Crippen LogP contribution in [-0.2, 0) is 6.54 Å². The maximum absolute atomic E-state index is 6.58. The molecule has 2 aromatic heterocycles. The lowest BCUT2D eigenvalue weighted by Gasteiger charge is -2.11. The van der Waals surface area contributed by atoms with Crippen molar-refractivity contribution in [2.24, 2.45) is 0 Å². The van der Waals surface area contributed by atoms with E-state index in [1.807, 2.05) is 35.6 Å². The maximum Gasteiger partial charge on any atom is 0.183 e. The van der Waals surface area contributed by atoms with Gasteiger partial charge in [-0.2, -0.15) is 0 Å². The van der Waals surface area contributed by atoms with Gasteiger partial charge in [-0.25, -0.2) is 4.98 Å². The standard InChI is InChI=1S/C23H26ClN5O/c1-4-6-11-30-17-8-9-19(24)18(13-17)23-28-27-22-15(3)26-20-10-7-16(14-25-5-2)12-21(20)29(22)23/h7-10,12-13,25H,4-6,11,14H2,1-3H3.